The van der Waals surface area contributed by atoms with Crippen LogP contribution in [0.4, 0.5) is 22.2 Å². The molecule has 2 N–H and O–H groups in total. The molecule has 1 atom stereocenters. The maximum absolute atomic E-state index is 12.2. The van der Waals surface area contributed by atoms with Crippen molar-refractivity contribution in [2.75, 3.05) is 29.9 Å². The number of carbonyl (C=O) groups excluding carboxylic acids is 1. The van der Waals surface area contributed by atoms with Gasteiger partial charge in [-0.2, -0.15) is 0 Å². The van der Waals surface area contributed by atoms with Crippen LogP contribution in [0.15, 0.2) is 47.0 Å². The van der Waals surface area contributed by atoms with Crippen molar-refractivity contribution < 1.29 is 18.7 Å². The van der Waals surface area contributed by atoms with Crippen LogP contribution in [0.25, 0.3) is 11.3 Å². The Morgan fingerprint density at radius 1 is 1.21 bits per heavy atom. The highest BCUT2D eigenvalue weighted by Gasteiger charge is 2.23. The topological polar surface area (TPSA) is 88.9 Å². The third-order valence-electron chi connectivity index (χ3n) is 5.61. The highest BCUT2D eigenvalue weighted by molar-refractivity contribution is 5.95. The van der Waals surface area contributed by atoms with Crippen LogP contribution in [0, 0.1) is 6.92 Å². The van der Waals surface area contributed by atoms with Crippen LogP contribution in [0.5, 0.6) is 5.75 Å². The molecule has 0 saturated carbocycles. The summed E-state index contributed by atoms with van der Waals surface area (Å²) in [6.07, 6.45) is 1.67. The average Bonchev–Trinajstić information content (AvgIpc) is 3.44. The van der Waals surface area contributed by atoms with Crippen molar-refractivity contribution in [3.63, 3.8) is 0 Å². The number of oxazole rings is 1. The van der Waals surface area contributed by atoms with Crippen molar-refractivity contribution in [2.45, 2.75) is 46.8 Å². The van der Waals surface area contributed by atoms with Gasteiger partial charge >= 0.3 is 6.03 Å². The smallest absolute Gasteiger partial charge is 0.321 e. The van der Waals surface area contributed by atoms with Crippen LogP contribution >= 0.6 is 0 Å². The summed E-state index contributed by atoms with van der Waals surface area (Å²) in [7, 11) is 0. The molecular weight excluding hydrogens is 432 g/mol. The van der Waals surface area contributed by atoms with E-state index in [-0.39, 0.29) is 18.2 Å². The standard InChI is InChI=1S/C26H32N4O4/c1-6-32-18(5)19-8-7-17(4)23(13-19)29-25-28-15-24(34-25)20-11-21(30-10-9-27-26(30)31)14-22(12-20)33-16(2)3/h7-8,11-16,18H,6,9-10H2,1-5H3,(H,27,31)(H,28,29). The minimum absolute atomic E-state index is 0.00297. The van der Waals surface area contributed by atoms with Crippen molar-refractivity contribution in [3.8, 4) is 17.1 Å². The van der Waals surface area contributed by atoms with Crippen molar-refractivity contribution in [1.29, 1.82) is 0 Å². The molecule has 1 aliphatic heterocycles. The van der Waals surface area contributed by atoms with E-state index in [2.05, 4.69) is 33.8 Å². The largest absolute Gasteiger partial charge is 0.491 e. The summed E-state index contributed by atoms with van der Waals surface area (Å²) in [4.78, 5) is 18.4. The first-order chi connectivity index (χ1) is 16.3. The SMILES string of the molecule is CCOC(C)c1ccc(C)c(Nc2ncc(-c3cc(OC(C)C)cc(N4CCNC4=O)c3)o2)c1. The van der Waals surface area contributed by atoms with Crippen molar-refractivity contribution >= 4 is 23.4 Å². The first kappa shape index (κ1) is 23.6. The summed E-state index contributed by atoms with van der Waals surface area (Å²) in [6.45, 7) is 11.8. The van der Waals surface area contributed by atoms with Crippen LogP contribution in [0.3, 0.4) is 0 Å². The molecule has 3 aromatic rings. The second-order valence-corrected chi connectivity index (χ2v) is 8.59. The molecule has 1 unspecified atom stereocenters. The highest BCUT2D eigenvalue weighted by Crippen LogP contribution is 2.34. The van der Waals surface area contributed by atoms with E-state index in [1.54, 1.807) is 11.1 Å². The summed E-state index contributed by atoms with van der Waals surface area (Å²) < 4.78 is 17.7. The summed E-state index contributed by atoms with van der Waals surface area (Å²) in [5.41, 5.74) is 4.59. The minimum Gasteiger partial charge on any atom is -0.491 e. The van der Waals surface area contributed by atoms with E-state index in [4.69, 9.17) is 13.9 Å². The fourth-order valence-corrected chi connectivity index (χ4v) is 3.89. The monoisotopic (exact) mass is 464 g/mol. The number of nitrogens with one attached hydrogen (secondary N) is 2. The Bertz CT molecular complexity index is 1160. The Morgan fingerprint density at radius 3 is 2.74 bits per heavy atom. The molecule has 0 bridgehead atoms. The molecule has 34 heavy (non-hydrogen) atoms. The van der Waals surface area contributed by atoms with Gasteiger partial charge in [0.1, 0.15) is 5.75 Å². The van der Waals surface area contributed by atoms with E-state index in [1.165, 1.54) is 0 Å². The van der Waals surface area contributed by atoms with Gasteiger partial charge in [0, 0.05) is 42.7 Å². The van der Waals surface area contributed by atoms with E-state index >= 15 is 0 Å². The number of urea groups is 1. The number of aromatic nitrogens is 1. The molecule has 1 fully saturated rings. The molecule has 180 valence electrons. The summed E-state index contributed by atoms with van der Waals surface area (Å²) in [6, 6.07) is 12.1. The Labute approximate surface area is 200 Å². The van der Waals surface area contributed by atoms with E-state index in [9.17, 15) is 4.79 Å². The Balaban J connectivity index is 1.61. The fraction of sp³-hybridized carbons (Fsp3) is 0.385. The highest BCUT2D eigenvalue weighted by atomic mass is 16.5. The summed E-state index contributed by atoms with van der Waals surface area (Å²) in [5.74, 6) is 1.25. The second-order valence-electron chi connectivity index (χ2n) is 8.59. The molecule has 0 aliphatic carbocycles. The van der Waals surface area contributed by atoms with Crippen molar-refractivity contribution in [1.82, 2.24) is 10.3 Å². The van der Waals surface area contributed by atoms with Crippen LogP contribution in [0.1, 0.15) is 44.9 Å². The third-order valence-corrected chi connectivity index (χ3v) is 5.61. The molecule has 4 rings (SSSR count). The number of ether oxygens (including phenoxy) is 2. The lowest BCUT2D eigenvalue weighted by Gasteiger charge is -2.18. The number of hydrogen-bond acceptors (Lipinski definition) is 6. The van der Waals surface area contributed by atoms with Gasteiger partial charge in [0.05, 0.1) is 18.4 Å². The zero-order valence-electron chi connectivity index (χ0n) is 20.3. The Hall–Kier alpha value is -3.52. The number of carbonyl (C=O) groups is 1. The van der Waals surface area contributed by atoms with Gasteiger partial charge in [-0.25, -0.2) is 9.78 Å². The van der Waals surface area contributed by atoms with E-state index in [0.717, 1.165) is 28.1 Å². The molecule has 0 spiro atoms. The predicted octanol–water partition coefficient (Wildman–Crippen LogP) is 5.81. The number of rotatable bonds is 9. The summed E-state index contributed by atoms with van der Waals surface area (Å²) >= 11 is 0. The molecule has 1 saturated heterocycles. The third kappa shape index (κ3) is 5.34. The van der Waals surface area contributed by atoms with Crippen LogP contribution in [-0.2, 0) is 4.74 Å². The van der Waals surface area contributed by atoms with Gasteiger partial charge in [0.15, 0.2) is 5.76 Å². The van der Waals surface area contributed by atoms with Gasteiger partial charge < -0.3 is 24.5 Å². The maximum Gasteiger partial charge on any atom is 0.321 e. The maximum atomic E-state index is 12.2. The second kappa shape index (κ2) is 10.2. The summed E-state index contributed by atoms with van der Waals surface area (Å²) in [5, 5.41) is 6.12. The lowest BCUT2D eigenvalue weighted by atomic mass is 10.1. The molecule has 1 aliphatic rings. The normalized spacial score (nSPS) is 14.4. The van der Waals surface area contributed by atoms with E-state index in [1.807, 2.05) is 52.8 Å². The lowest BCUT2D eigenvalue weighted by Crippen LogP contribution is -2.27. The molecule has 0 radical (unpaired) electrons. The number of amides is 2. The molecule has 2 amide bonds. The minimum atomic E-state index is -0.121. The molecule has 2 heterocycles. The number of nitrogens with zero attached hydrogens (tertiary/aromatic N) is 2. The quantitative estimate of drug-likeness (QED) is 0.416. The Morgan fingerprint density at radius 2 is 2.03 bits per heavy atom. The van der Waals surface area contributed by atoms with Gasteiger partial charge in [-0.05, 0) is 63.9 Å². The number of anilines is 3. The molecule has 1 aromatic heterocycles. The lowest BCUT2D eigenvalue weighted by molar-refractivity contribution is 0.0764. The van der Waals surface area contributed by atoms with Crippen molar-refractivity contribution in [3.05, 3.63) is 53.7 Å². The van der Waals surface area contributed by atoms with Gasteiger partial charge in [-0.3, -0.25) is 4.90 Å². The zero-order valence-corrected chi connectivity index (χ0v) is 20.3. The average molecular weight is 465 g/mol. The number of hydrogen-bond donors (Lipinski definition) is 2. The molecule has 8 nitrogen and oxygen atoms in total. The van der Waals surface area contributed by atoms with Gasteiger partial charge in [-0.1, -0.05) is 12.1 Å². The van der Waals surface area contributed by atoms with Gasteiger partial charge in [-0.15, -0.1) is 0 Å². The van der Waals surface area contributed by atoms with Crippen LogP contribution in [0.2, 0.25) is 0 Å². The van der Waals surface area contributed by atoms with Gasteiger partial charge in [0.2, 0.25) is 0 Å². The number of benzene rings is 2. The van der Waals surface area contributed by atoms with Crippen molar-refractivity contribution in [2.24, 2.45) is 0 Å². The first-order valence-corrected chi connectivity index (χ1v) is 11.7. The number of aryl methyl sites for hydroxylation is 1. The predicted molar refractivity (Wildman–Crippen MR) is 133 cm³/mol. The van der Waals surface area contributed by atoms with Crippen LogP contribution in [-0.4, -0.2) is 36.8 Å². The van der Waals surface area contributed by atoms with Crippen LogP contribution < -0.4 is 20.3 Å². The zero-order chi connectivity index (χ0) is 24.2. The van der Waals surface area contributed by atoms with E-state index < -0.39 is 0 Å². The molecule has 2 aromatic carbocycles. The fourth-order valence-electron chi connectivity index (χ4n) is 3.89. The molecular formula is C26H32N4O4. The Kier molecular flexibility index (Phi) is 7.07. The van der Waals surface area contributed by atoms with E-state index in [0.29, 0.717) is 37.2 Å². The first-order valence-electron chi connectivity index (χ1n) is 11.7. The molecule has 8 heteroatoms. The van der Waals surface area contributed by atoms with Gasteiger partial charge in [0.25, 0.3) is 6.01 Å².